The topological polar surface area (TPSA) is 58.2 Å². The van der Waals surface area contributed by atoms with Crippen LogP contribution in [0.15, 0.2) is 23.1 Å². The third kappa shape index (κ3) is 3.35. The highest BCUT2D eigenvalue weighted by Gasteiger charge is 2.41. The van der Waals surface area contributed by atoms with Gasteiger partial charge >= 0.3 is 0 Å². The molecule has 106 valence electrons. The van der Waals surface area contributed by atoms with E-state index in [1.165, 1.54) is 5.56 Å². The van der Waals surface area contributed by atoms with Crippen LogP contribution in [0.1, 0.15) is 37.8 Å². The van der Waals surface area contributed by atoms with E-state index < -0.39 is 10.0 Å². The van der Waals surface area contributed by atoms with E-state index in [-0.39, 0.29) is 5.54 Å². The molecule has 19 heavy (non-hydrogen) atoms. The molecular weight excluding hydrogens is 260 g/mol. The van der Waals surface area contributed by atoms with E-state index in [4.69, 9.17) is 0 Å². The van der Waals surface area contributed by atoms with Crippen LogP contribution in [0.25, 0.3) is 0 Å². The summed E-state index contributed by atoms with van der Waals surface area (Å²) >= 11 is 0. The van der Waals surface area contributed by atoms with Crippen LogP contribution >= 0.6 is 0 Å². The second kappa shape index (κ2) is 5.23. The molecule has 0 atom stereocenters. The number of hydrogen-bond donors (Lipinski definition) is 2. The average Bonchev–Trinajstić information content (AvgIpc) is 3.06. The fourth-order valence-electron chi connectivity index (χ4n) is 2.14. The Balaban J connectivity index is 2.31. The van der Waals surface area contributed by atoms with Gasteiger partial charge in [-0.3, -0.25) is 0 Å². The van der Waals surface area contributed by atoms with Crippen molar-refractivity contribution in [2.75, 3.05) is 7.05 Å². The van der Waals surface area contributed by atoms with Gasteiger partial charge in [0.15, 0.2) is 0 Å². The molecule has 0 heterocycles. The van der Waals surface area contributed by atoms with Crippen LogP contribution in [-0.4, -0.2) is 21.0 Å². The van der Waals surface area contributed by atoms with Crippen molar-refractivity contribution in [1.29, 1.82) is 0 Å². The van der Waals surface area contributed by atoms with Crippen molar-refractivity contribution >= 4 is 10.0 Å². The Morgan fingerprint density at radius 2 is 1.95 bits per heavy atom. The molecule has 4 nitrogen and oxygen atoms in total. The summed E-state index contributed by atoms with van der Waals surface area (Å²) in [5.41, 5.74) is 2.01. The number of hydrogen-bond acceptors (Lipinski definition) is 3. The van der Waals surface area contributed by atoms with E-state index >= 15 is 0 Å². The monoisotopic (exact) mass is 282 g/mol. The van der Waals surface area contributed by atoms with Gasteiger partial charge in [-0.05, 0) is 56.5 Å². The summed E-state index contributed by atoms with van der Waals surface area (Å²) in [6.07, 6.45) is 2.74. The normalized spacial score (nSPS) is 17.4. The zero-order valence-electron chi connectivity index (χ0n) is 11.8. The number of nitrogens with one attached hydrogen (secondary N) is 2. The smallest absolute Gasteiger partial charge is 0.241 e. The molecule has 2 rings (SSSR count). The predicted molar refractivity (Wildman–Crippen MR) is 76.5 cm³/mol. The predicted octanol–water partition coefficient (Wildman–Crippen LogP) is 1.80. The maximum absolute atomic E-state index is 12.3. The molecular formula is C14H22N2O2S. The first-order chi connectivity index (χ1) is 8.90. The first-order valence-corrected chi connectivity index (χ1v) is 8.19. The van der Waals surface area contributed by atoms with Crippen LogP contribution in [0, 0.1) is 0 Å². The molecule has 0 amide bonds. The highest BCUT2D eigenvalue weighted by atomic mass is 32.2. The minimum Gasteiger partial charge on any atom is -0.316 e. The maximum Gasteiger partial charge on any atom is 0.241 e. The van der Waals surface area contributed by atoms with Gasteiger partial charge in [0.2, 0.25) is 10.0 Å². The molecule has 1 aliphatic carbocycles. The molecule has 0 saturated heterocycles. The summed E-state index contributed by atoms with van der Waals surface area (Å²) in [4.78, 5) is 0.364. The zero-order valence-corrected chi connectivity index (χ0v) is 12.6. The summed E-state index contributed by atoms with van der Waals surface area (Å²) in [5.74, 6) is 0. The summed E-state index contributed by atoms with van der Waals surface area (Å²) in [7, 11) is -1.53. The second-order valence-electron chi connectivity index (χ2n) is 5.48. The van der Waals surface area contributed by atoms with Crippen molar-refractivity contribution < 1.29 is 8.42 Å². The molecule has 5 heteroatoms. The van der Waals surface area contributed by atoms with Crippen LogP contribution in [0.4, 0.5) is 0 Å². The van der Waals surface area contributed by atoms with E-state index in [0.717, 1.165) is 24.8 Å². The third-order valence-electron chi connectivity index (χ3n) is 3.62. The molecule has 0 aromatic heterocycles. The number of benzene rings is 1. The number of aryl methyl sites for hydroxylation is 1. The molecule has 1 saturated carbocycles. The highest BCUT2D eigenvalue weighted by molar-refractivity contribution is 7.89. The minimum atomic E-state index is -3.40. The van der Waals surface area contributed by atoms with Crippen LogP contribution in [-0.2, 0) is 23.0 Å². The first kappa shape index (κ1) is 14.5. The molecule has 0 radical (unpaired) electrons. The highest BCUT2D eigenvalue weighted by Crippen LogP contribution is 2.36. The molecule has 0 aliphatic heterocycles. The molecule has 1 aliphatic rings. The lowest BCUT2D eigenvalue weighted by Gasteiger charge is -2.14. The zero-order chi connectivity index (χ0) is 14.1. The summed E-state index contributed by atoms with van der Waals surface area (Å²) in [5, 5.41) is 3.08. The Hall–Kier alpha value is -0.910. The Bertz CT molecular complexity index is 563. The van der Waals surface area contributed by atoms with E-state index in [1.54, 1.807) is 12.1 Å². The lowest BCUT2D eigenvalue weighted by Crippen LogP contribution is -2.34. The standard InChI is InChI=1S/C14H22N2O2S/c1-4-11-5-6-13(9-12(11)10-15-3)19(17,18)16-14(2)7-8-14/h5-6,9,15-16H,4,7-8,10H2,1-3H3. The number of rotatable bonds is 6. The summed E-state index contributed by atoms with van der Waals surface area (Å²) < 4.78 is 27.4. The quantitative estimate of drug-likeness (QED) is 0.836. The molecule has 1 fully saturated rings. The number of sulfonamides is 1. The SMILES string of the molecule is CCc1ccc(S(=O)(=O)NC2(C)CC2)cc1CNC. The van der Waals surface area contributed by atoms with Gasteiger partial charge in [0.1, 0.15) is 0 Å². The first-order valence-electron chi connectivity index (χ1n) is 6.70. The van der Waals surface area contributed by atoms with Gasteiger partial charge in [0, 0.05) is 12.1 Å². The average molecular weight is 282 g/mol. The molecule has 0 unspecified atom stereocenters. The largest absolute Gasteiger partial charge is 0.316 e. The lowest BCUT2D eigenvalue weighted by molar-refractivity contribution is 0.558. The second-order valence-corrected chi connectivity index (χ2v) is 7.16. The van der Waals surface area contributed by atoms with E-state index in [9.17, 15) is 8.42 Å². The summed E-state index contributed by atoms with van der Waals surface area (Å²) in [6, 6.07) is 5.39. The van der Waals surface area contributed by atoms with Crippen molar-refractivity contribution in [2.45, 2.75) is 50.1 Å². The van der Waals surface area contributed by atoms with Gasteiger partial charge in [-0.1, -0.05) is 13.0 Å². The minimum absolute atomic E-state index is 0.231. The van der Waals surface area contributed by atoms with E-state index in [0.29, 0.717) is 11.4 Å². The van der Waals surface area contributed by atoms with Crippen molar-refractivity contribution in [3.63, 3.8) is 0 Å². The molecule has 0 spiro atoms. The Labute approximate surface area is 115 Å². The van der Waals surface area contributed by atoms with Crippen LogP contribution in [0.5, 0.6) is 0 Å². The lowest BCUT2D eigenvalue weighted by atomic mass is 10.1. The fourth-order valence-corrected chi connectivity index (χ4v) is 3.66. The van der Waals surface area contributed by atoms with Gasteiger partial charge in [0.25, 0.3) is 0 Å². The molecule has 1 aromatic carbocycles. The van der Waals surface area contributed by atoms with E-state index in [1.807, 2.05) is 20.0 Å². The van der Waals surface area contributed by atoms with Gasteiger partial charge in [-0.25, -0.2) is 13.1 Å². The van der Waals surface area contributed by atoms with Crippen LogP contribution < -0.4 is 10.0 Å². The maximum atomic E-state index is 12.3. The Kier molecular flexibility index (Phi) is 3.99. The van der Waals surface area contributed by atoms with Gasteiger partial charge in [-0.2, -0.15) is 0 Å². The van der Waals surface area contributed by atoms with Crippen LogP contribution in [0.3, 0.4) is 0 Å². The van der Waals surface area contributed by atoms with E-state index in [2.05, 4.69) is 17.0 Å². The Morgan fingerprint density at radius 1 is 1.26 bits per heavy atom. The van der Waals surface area contributed by atoms with Crippen molar-refractivity contribution in [3.8, 4) is 0 Å². The van der Waals surface area contributed by atoms with Gasteiger partial charge in [0.05, 0.1) is 4.90 Å². The molecule has 0 bridgehead atoms. The fraction of sp³-hybridized carbons (Fsp3) is 0.571. The molecule has 2 N–H and O–H groups in total. The molecule has 1 aromatic rings. The summed E-state index contributed by atoms with van der Waals surface area (Å²) in [6.45, 7) is 4.70. The van der Waals surface area contributed by atoms with Crippen molar-refractivity contribution in [2.24, 2.45) is 0 Å². The Morgan fingerprint density at radius 3 is 2.47 bits per heavy atom. The van der Waals surface area contributed by atoms with Gasteiger partial charge < -0.3 is 5.32 Å². The van der Waals surface area contributed by atoms with Crippen molar-refractivity contribution in [1.82, 2.24) is 10.0 Å². The van der Waals surface area contributed by atoms with Gasteiger partial charge in [-0.15, -0.1) is 0 Å². The third-order valence-corrected chi connectivity index (χ3v) is 5.25. The van der Waals surface area contributed by atoms with Crippen molar-refractivity contribution in [3.05, 3.63) is 29.3 Å². The van der Waals surface area contributed by atoms with Crippen LogP contribution in [0.2, 0.25) is 0 Å².